The van der Waals surface area contributed by atoms with Gasteiger partial charge in [-0.25, -0.2) is 4.79 Å². The first kappa shape index (κ1) is 10.3. The highest BCUT2D eigenvalue weighted by molar-refractivity contribution is 9.10. The highest BCUT2D eigenvalue weighted by Crippen LogP contribution is 2.26. The maximum absolute atomic E-state index is 10.7. The fourth-order valence-electron chi connectivity index (χ4n) is 1.04. The van der Waals surface area contributed by atoms with Gasteiger partial charge in [0.05, 0.1) is 4.88 Å². The third kappa shape index (κ3) is 2.21. The van der Waals surface area contributed by atoms with E-state index in [1.807, 2.05) is 0 Å². The van der Waals surface area contributed by atoms with E-state index in [1.165, 1.54) is 11.3 Å². The lowest BCUT2D eigenvalue weighted by Crippen LogP contribution is -1.89. The molecule has 0 radical (unpaired) electrons. The topological polar surface area (TPSA) is 63.1 Å². The Morgan fingerprint density at radius 1 is 1.27 bits per heavy atom. The average molecular weight is 285 g/mol. The van der Waals surface area contributed by atoms with Crippen molar-refractivity contribution in [1.82, 2.24) is 10.2 Å². The van der Waals surface area contributed by atoms with E-state index in [0.29, 0.717) is 15.2 Å². The molecule has 0 aliphatic rings. The van der Waals surface area contributed by atoms with Crippen molar-refractivity contribution >= 4 is 33.2 Å². The predicted molar refractivity (Wildman–Crippen MR) is 60.0 cm³/mol. The Kier molecular flexibility index (Phi) is 2.79. The third-order valence-electron chi connectivity index (χ3n) is 1.70. The molecule has 1 N–H and O–H groups in total. The number of hydrogen-bond donors (Lipinski definition) is 1. The number of aromatic carboxylic acids is 1. The molecule has 2 aromatic heterocycles. The molecule has 0 amide bonds. The van der Waals surface area contributed by atoms with Gasteiger partial charge in [0.1, 0.15) is 15.2 Å². The van der Waals surface area contributed by atoms with Crippen molar-refractivity contribution in [2.24, 2.45) is 0 Å². The van der Waals surface area contributed by atoms with Crippen molar-refractivity contribution in [3.8, 4) is 10.6 Å². The monoisotopic (exact) mass is 284 g/mol. The molecule has 2 heterocycles. The predicted octanol–water partition coefficient (Wildman–Crippen LogP) is 2.67. The van der Waals surface area contributed by atoms with Gasteiger partial charge in [0.15, 0.2) is 0 Å². The van der Waals surface area contributed by atoms with Crippen molar-refractivity contribution in [3.05, 3.63) is 33.7 Å². The number of aromatic nitrogens is 2. The van der Waals surface area contributed by atoms with Gasteiger partial charge in [0.25, 0.3) is 0 Å². The first-order valence-electron chi connectivity index (χ1n) is 3.99. The number of nitrogens with zero attached hydrogens (tertiary/aromatic N) is 2. The molecule has 0 atom stereocenters. The molecule has 15 heavy (non-hydrogen) atoms. The minimum Gasteiger partial charge on any atom is -0.477 e. The van der Waals surface area contributed by atoms with Gasteiger partial charge in [-0.2, -0.15) is 0 Å². The van der Waals surface area contributed by atoms with E-state index in [9.17, 15) is 4.79 Å². The van der Waals surface area contributed by atoms with Crippen molar-refractivity contribution in [3.63, 3.8) is 0 Å². The van der Waals surface area contributed by atoms with Crippen LogP contribution in [0.15, 0.2) is 28.9 Å². The Morgan fingerprint density at radius 2 is 2.07 bits per heavy atom. The van der Waals surface area contributed by atoms with Crippen LogP contribution in [-0.2, 0) is 0 Å². The van der Waals surface area contributed by atoms with E-state index in [0.717, 1.165) is 4.88 Å². The molecule has 2 rings (SSSR count). The summed E-state index contributed by atoms with van der Waals surface area (Å²) in [5.74, 6) is -0.920. The summed E-state index contributed by atoms with van der Waals surface area (Å²) in [4.78, 5) is 11.8. The van der Waals surface area contributed by atoms with Crippen molar-refractivity contribution in [2.45, 2.75) is 0 Å². The maximum Gasteiger partial charge on any atom is 0.345 e. The fraction of sp³-hybridized carbons (Fsp3) is 0. The molecule has 0 fully saturated rings. The number of carbonyl (C=O) groups is 1. The van der Waals surface area contributed by atoms with Gasteiger partial charge in [-0.3, -0.25) is 0 Å². The fourth-order valence-corrected chi connectivity index (χ4v) is 2.06. The summed E-state index contributed by atoms with van der Waals surface area (Å²) in [7, 11) is 0. The number of rotatable bonds is 2. The summed E-state index contributed by atoms with van der Waals surface area (Å²) in [6, 6.07) is 6.84. The van der Waals surface area contributed by atoms with Crippen molar-refractivity contribution < 1.29 is 9.90 Å². The molecule has 2 aromatic rings. The molecule has 0 saturated heterocycles. The summed E-state index contributed by atoms with van der Waals surface area (Å²) in [5.41, 5.74) is 0.677. The molecule has 0 bridgehead atoms. The maximum atomic E-state index is 10.7. The van der Waals surface area contributed by atoms with Crippen molar-refractivity contribution in [2.75, 3.05) is 0 Å². The molecule has 0 spiro atoms. The van der Waals surface area contributed by atoms with E-state index in [1.54, 1.807) is 24.3 Å². The quantitative estimate of drug-likeness (QED) is 0.921. The summed E-state index contributed by atoms with van der Waals surface area (Å²) in [5, 5.41) is 16.5. The zero-order chi connectivity index (χ0) is 10.8. The Bertz CT molecular complexity index is 495. The van der Waals surface area contributed by atoms with Gasteiger partial charge in [-0.05, 0) is 40.2 Å². The average Bonchev–Trinajstić information content (AvgIpc) is 2.68. The van der Waals surface area contributed by atoms with Crippen LogP contribution in [-0.4, -0.2) is 21.3 Å². The zero-order valence-corrected chi connectivity index (χ0v) is 9.75. The first-order chi connectivity index (χ1) is 7.16. The second-order valence-corrected chi connectivity index (χ2v) is 4.61. The molecule has 0 aliphatic heterocycles. The van der Waals surface area contributed by atoms with Crippen LogP contribution >= 0.6 is 27.3 Å². The normalized spacial score (nSPS) is 10.2. The second-order valence-electron chi connectivity index (χ2n) is 2.71. The van der Waals surface area contributed by atoms with Crippen LogP contribution < -0.4 is 0 Å². The molecule has 6 heteroatoms. The summed E-state index contributed by atoms with van der Waals surface area (Å²) >= 11 is 4.36. The zero-order valence-electron chi connectivity index (χ0n) is 7.35. The van der Waals surface area contributed by atoms with E-state index >= 15 is 0 Å². The Morgan fingerprint density at radius 3 is 2.60 bits per heavy atom. The van der Waals surface area contributed by atoms with Gasteiger partial charge in [-0.15, -0.1) is 21.5 Å². The van der Waals surface area contributed by atoms with Crippen LogP contribution in [0.5, 0.6) is 0 Å². The standard InChI is InChI=1S/C9H5BrN2O2S/c10-8-4-1-5(11-12-8)6-2-3-7(15-6)9(13)14/h1-4H,(H,13,14). The second kappa shape index (κ2) is 4.08. The summed E-state index contributed by atoms with van der Waals surface area (Å²) < 4.78 is 0.654. The highest BCUT2D eigenvalue weighted by Gasteiger charge is 2.09. The Labute approximate surface area is 97.7 Å². The first-order valence-corrected chi connectivity index (χ1v) is 5.60. The van der Waals surface area contributed by atoms with E-state index < -0.39 is 5.97 Å². The molecule has 0 aromatic carbocycles. The molecule has 4 nitrogen and oxygen atoms in total. The number of carboxylic acid groups (broad SMARTS) is 1. The smallest absolute Gasteiger partial charge is 0.345 e. The lowest BCUT2D eigenvalue weighted by molar-refractivity contribution is 0.0702. The molecular formula is C9H5BrN2O2S. The molecule has 0 aliphatic carbocycles. The lowest BCUT2D eigenvalue weighted by Gasteiger charge is -1.93. The van der Waals surface area contributed by atoms with E-state index in [2.05, 4.69) is 26.1 Å². The van der Waals surface area contributed by atoms with Crippen LogP contribution in [0.25, 0.3) is 10.6 Å². The number of carboxylic acids is 1. The van der Waals surface area contributed by atoms with Crippen molar-refractivity contribution in [1.29, 1.82) is 0 Å². The summed E-state index contributed by atoms with van der Waals surface area (Å²) in [6.07, 6.45) is 0. The number of halogens is 1. The third-order valence-corrected chi connectivity index (χ3v) is 3.22. The summed E-state index contributed by atoms with van der Waals surface area (Å²) in [6.45, 7) is 0. The van der Waals surface area contributed by atoms with E-state index in [-0.39, 0.29) is 0 Å². The highest BCUT2D eigenvalue weighted by atomic mass is 79.9. The molecule has 76 valence electrons. The number of hydrogen-bond acceptors (Lipinski definition) is 4. The van der Waals surface area contributed by atoms with Gasteiger partial charge in [-0.1, -0.05) is 0 Å². The molecule has 0 saturated carbocycles. The van der Waals surface area contributed by atoms with Gasteiger partial charge in [0, 0.05) is 0 Å². The van der Waals surface area contributed by atoms with Gasteiger partial charge in [0.2, 0.25) is 0 Å². The van der Waals surface area contributed by atoms with Crippen LogP contribution in [0.3, 0.4) is 0 Å². The van der Waals surface area contributed by atoms with Crippen LogP contribution in [0.2, 0.25) is 0 Å². The molecule has 0 unspecified atom stereocenters. The SMILES string of the molecule is O=C(O)c1ccc(-c2ccc(Br)nn2)s1. The molecular weight excluding hydrogens is 280 g/mol. The van der Waals surface area contributed by atoms with Gasteiger partial charge >= 0.3 is 5.97 Å². The minimum absolute atomic E-state index is 0.301. The van der Waals surface area contributed by atoms with E-state index in [4.69, 9.17) is 5.11 Å². The minimum atomic E-state index is -0.920. The Balaban J connectivity index is 2.37. The lowest BCUT2D eigenvalue weighted by atomic mass is 10.3. The van der Waals surface area contributed by atoms with Crippen LogP contribution in [0.4, 0.5) is 0 Å². The Hall–Kier alpha value is -1.27. The van der Waals surface area contributed by atoms with Gasteiger partial charge < -0.3 is 5.11 Å². The number of thiophene rings is 1. The largest absolute Gasteiger partial charge is 0.477 e. The van der Waals surface area contributed by atoms with Crippen LogP contribution in [0.1, 0.15) is 9.67 Å². The van der Waals surface area contributed by atoms with Crippen LogP contribution in [0, 0.1) is 0 Å².